The van der Waals surface area contributed by atoms with Crippen molar-refractivity contribution in [3.05, 3.63) is 144 Å². The maximum atomic E-state index is 6.63. The summed E-state index contributed by atoms with van der Waals surface area (Å²) in [7, 11) is 1.63. The minimum atomic E-state index is -0.665. The third kappa shape index (κ3) is 8.57. The van der Waals surface area contributed by atoms with E-state index in [-0.39, 0.29) is 0 Å². The van der Waals surface area contributed by atoms with Crippen LogP contribution in [0.3, 0.4) is 0 Å². The highest BCUT2D eigenvalue weighted by Crippen LogP contribution is 2.31. The molecule has 0 saturated carbocycles. The van der Waals surface area contributed by atoms with Gasteiger partial charge in [0.2, 0.25) is 0 Å². The molecule has 0 aromatic heterocycles. The Hall–Kier alpha value is -3.36. The first-order valence-electron chi connectivity index (χ1n) is 14.1. The van der Waals surface area contributed by atoms with Crippen molar-refractivity contribution in [2.45, 2.75) is 57.1 Å². The Balaban J connectivity index is 1.38. The van der Waals surface area contributed by atoms with Crippen LogP contribution in [0.15, 0.2) is 121 Å². The van der Waals surface area contributed by atoms with Gasteiger partial charge in [-0.25, -0.2) is 0 Å². The molecule has 6 nitrogen and oxygen atoms in total. The van der Waals surface area contributed by atoms with Crippen molar-refractivity contribution in [2.24, 2.45) is 0 Å². The molecule has 4 aromatic rings. The number of ether oxygens (including phenoxy) is 6. The van der Waals surface area contributed by atoms with Gasteiger partial charge in [0.15, 0.2) is 6.29 Å². The summed E-state index contributed by atoms with van der Waals surface area (Å²) in [5.74, 6) is 0. The molecule has 0 radical (unpaired) electrons. The smallest absolute Gasteiger partial charge is 0.186 e. The summed E-state index contributed by atoms with van der Waals surface area (Å²) in [6.45, 7) is 1.97. The van der Waals surface area contributed by atoms with Crippen LogP contribution in [0.4, 0.5) is 0 Å². The normalized spacial score (nSPS) is 22.4. The van der Waals surface area contributed by atoms with E-state index in [0.717, 1.165) is 22.3 Å². The van der Waals surface area contributed by atoms with Gasteiger partial charge in [0.05, 0.1) is 33.0 Å². The number of methoxy groups -OCH3 is 1. The highest BCUT2D eigenvalue weighted by atomic mass is 16.7. The molecule has 41 heavy (non-hydrogen) atoms. The molecule has 1 saturated heterocycles. The van der Waals surface area contributed by atoms with Crippen LogP contribution in [0.25, 0.3) is 0 Å². The summed E-state index contributed by atoms with van der Waals surface area (Å²) < 4.78 is 38.2. The number of benzene rings is 4. The summed E-state index contributed by atoms with van der Waals surface area (Å²) in [6.07, 6.45) is -2.59. The number of hydrogen-bond donors (Lipinski definition) is 0. The van der Waals surface area contributed by atoms with Gasteiger partial charge in [-0.1, -0.05) is 121 Å². The largest absolute Gasteiger partial charge is 0.374 e. The molecule has 5 rings (SSSR count). The van der Waals surface area contributed by atoms with Gasteiger partial charge in [-0.2, -0.15) is 0 Å². The van der Waals surface area contributed by atoms with Crippen molar-refractivity contribution < 1.29 is 28.4 Å². The molecule has 0 bridgehead atoms. The molecule has 4 aromatic carbocycles. The first-order chi connectivity index (χ1) is 20.3. The molecular formula is C35H38O6. The second-order valence-electron chi connectivity index (χ2n) is 10.1. The molecule has 1 fully saturated rings. The van der Waals surface area contributed by atoms with E-state index >= 15 is 0 Å². The Morgan fingerprint density at radius 1 is 0.488 bits per heavy atom. The van der Waals surface area contributed by atoms with Gasteiger partial charge in [0.25, 0.3) is 0 Å². The van der Waals surface area contributed by atoms with Crippen molar-refractivity contribution in [1.82, 2.24) is 0 Å². The van der Waals surface area contributed by atoms with Gasteiger partial charge in [-0.3, -0.25) is 0 Å². The average Bonchev–Trinajstić information content (AvgIpc) is 3.04. The van der Waals surface area contributed by atoms with Crippen molar-refractivity contribution in [3.63, 3.8) is 0 Å². The van der Waals surface area contributed by atoms with E-state index in [9.17, 15) is 0 Å². The predicted octanol–water partition coefficient (Wildman–Crippen LogP) is 6.33. The number of rotatable bonds is 14. The third-order valence-corrected chi connectivity index (χ3v) is 7.07. The second kappa shape index (κ2) is 15.6. The maximum Gasteiger partial charge on any atom is 0.186 e. The molecule has 1 aliphatic heterocycles. The van der Waals surface area contributed by atoms with Gasteiger partial charge >= 0.3 is 0 Å². The third-order valence-electron chi connectivity index (χ3n) is 7.07. The standard InChI is InChI=1S/C35H38O6/c1-36-35-34(40-25-30-20-12-5-13-21-30)33(39-24-29-18-10-4-11-19-29)32(38-23-28-16-8-3-9-17-28)31(41-35)26-37-22-27-14-6-2-7-15-27/h2-21,31-35H,22-26H2,1H3/t31-,32-,33-,34+,35+/m0/s1. The van der Waals surface area contributed by atoms with Gasteiger partial charge in [0.1, 0.15) is 24.4 Å². The minimum absolute atomic E-state index is 0.310. The molecule has 0 amide bonds. The zero-order chi connectivity index (χ0) is 28.1. The molecule has 214 valence electrons. The van der Waals surface area contributed by atoms with Crippen molar-refractivity contribution in [1.29, 1.82) is 0 Å². The fourth-order valence-corrected chi connectivity index (χ4v) is 4.94. The molecular weight excluding hydrogens is 516 g/mol. The number of hydrogen-bond acceptors (Lipinski definition) is 6. The van der Waals surface area contributed by atoms with Crippen molar-refractivity contribution in [2.75, 3.05) is 13.7 Å². The second-order valence-corrected chi connectivity index (χ2v) is 10.1. The fraction of sp³-hybridized carbons (Fsp3) is 0.314. The fourth-order valence-electron chi connectivity index (χ4n) is 4.94. The van der Waals surface area contributed by atoms with Crippen LogP contribution in [-0.4, -0.2) is 44.4 Å². The van der Waals surface area contributed by atoms with Gasteiger partial charge < -0.3 is 28.4 Å². The van der Waals surface area contributed by atoms with Crippen molar-refractivity contribution >= 4 is 0 Å². The summed E-state index contributed by atoms with van der Waals surface area (Å²) in [5.41, 5.74) is 4.27. The Morgan fingerprint density at radius 2 is 0.878 bits per heavy atom. The van der Waals surface area contributed by atoms with E-state index in [1.807, 2.05) is 121 Å². The van der Waals surface area contributed by atoms with Gasteiger partial charge in [-0.05, 0) is 22.3 Å². The van der Waals surface area contributed by atoms with Crippen LogP contribution in [0, 0.1) is 0 Å². The molecule has 1 heterocycles. The Morgan fingerprint density at radius 3 is 1.32 bits per heavy atom. The first-order valence-corrected chi connectivity index (χ1v) is 14.1. The Labute approximate surface area is 242 Å². The van der Waals surface area contributed by atoms with Gasteiger partial charge in [-0.15, -0.1) is 0 Å². The lowest BCUT2D eigenvalue weighted by atomic mass is 9.97. The molecule has 0 spiro atoms. The van der Waals surface area contributed by atoms with Crippen LogP contribution in [0.2, 0.25) is 0 Å². The quantitative estimate of drug-likeness (QED) is 0.182. The lowest BCUT2D eigenvalue weighted by Crippen LogP contribution is -2.61. The summed E-state index contributed by atoms with van der Waals surface area (Å²) in [6, 6.07) is 40.4. The molecule has 0 unspecified atom stereocenters. The lowest BCUT2D eigenvalue weighted by molar-refractivity contribution is -0.323. The Kier molecular flexibility index (Phi) is 11.1. The van der Waals surface area contributed by atoms with Crippen LogP contribution in [-0.2, 0) is 54.8 Å². The lowest BCUT2D eigenvalue weighted by Gasteiger charge is -2.45. The SMILES string of the molecule is CO[C@@H]1O[C@@H](COCc2ccccc2)[C@H](OCc2ccccc2)[C@H](OCc2ccccc2)[C@H]1OCc1ccccc1. The summed E-state index contributed by atoms with van der Waals surface area (Å²) in [4.78, 5) is 0. The average molecular weight is 555 g/mol. The van der Waals surface area contributed by atoms with E-state index in [2.05, 4.69) is 0 Å². The van der Waals surface area contributed by atoms with E-state index in [1.54, 1.807) is 7.11 Å². The van der Waals surface area contributed by atoms with E-state index in [0.29, 0.717) is 33.0 Å². The Bertz CT molecular complexity index is 1260. The summed E-state index contributed by atoms with van der Waals surface area (Å²) in [5, 5.41) is 0. The summed E-state index contributed by atoms with van der Waals surface area (Å²) >= 11 is 0. The maximum absolute atomic E-state index is 6.63. The van der Waals surface area contributed by atoms with Crippen LogP contribution in [0.5, 0.6) is 0 Å². The van der Waals surface area contributed by atoms with E-state index < -0.39 is 30.7 Å². The monoisotopic (exact) mass is 554 g/mol. The highest BCUT2D eigenvalue weighted by Gasteiger charge is 2.48. The molecule has 5 atom stereocenters. The molecule has 6 heteroatoms. The zero-order valence-corrected chi connectivity index (χ0v) is 23.4. The zero-order valence-electron chi connectivity index (χ0n) is 23.4. The minimum Gasteiger partial charge on any atom is -0.374 e. The molecule has 1 aliphatic rings. The van der Waals surface area contributed by atoms with Gasteiger partial charge in [0, 0.05) is 7.11 Å². The first kappa shape index (κ1) is 29.1. The highest BCUT2D eigenvalue weighted by molar-refractivity contribution is 5.16. The van der Waals surface area contributed by atoms with E-state index in [4.69, 9.17) is 28.4 Å². The van der Waals surface area contributed by atoms with Crippen LogP contribution >= 0.6 is 0 Å². The van der Waals surface area contributed by atoms with Crippen molar-refractivity contribution in [3.8, 4) is 0 Å². The predicted molar refractivity (Wildman–Crippen MR) is 157 cm³/mol. The molecule has 0 N–H and O–H groups in total. The topological polar surface area (TPSA) is 55.4 Å². The van der Waals surface area contributed by atoms with E-state index in [1.165, 1.54) is 0 Å². The van der Waals surface area contributed by atoms with Crippen LogP contribution in [0.1, 0.15) is 22.3 Å². The van der Waals surface area contributed by atoms with Crippen LogP contribution < -0.4 is 0 Å². The molecule has 0 aliphatic carbocycles.